The van der Waals surface area contributed by atoms with Gasteiger partial charge in [-0.05, 0) is 42.6 Å². The van der Waals surface area contributed by atoms with E-state index in [0.717, 1.165) is 30.8 Å². The zero-order valence-electron chi connectivity index (χ0n) is 19.5. The van der Waals surface area contributed by atoms with Crippen LogP contribution in [0.3, 0.4) is 0 Å². The molecule has 2 aromatic carbocycles. The Hall–Kier alpha value is -3.36. The minimum absolute atomic E-state index is 0.00592. The van der Waals surface area contributed by atoms with Gasteiger partial charge < -0.3 is 30.7 Å². The normalized spacial score (nSPS) is 11.2. The lowest BCUT2D eigenvalue weighted by Crippen LogP contribution is -2.24. The van der Waals surface area contributed by atoms with Gasteiger partial charge in [0, 0.05) is 32.2 Å². The fourth-order valence-corrected chi connectivity index (χ4v) is 3.61. The van der Waals surface area contributed by atoms with E-state index in [2.05, 4.69) is 21.1 Å². The van der Waals surface area contributed by atoms with Crippen LogP contribution in [0.15, 0.2) is 40.9 Å². The Balaban J connectivity index is 2.06. The summed E-state index contributed by atoms with van der Waals surface area (Å²) in [5.41, 5.74) is 3.50. The second-order valence-corrected chi connectivity index (χ2v) is 8.15. The van der Waals surface area contributed by atoms with Gasteiger partial charge in [-0.1, -0.05) is 43.3 Å². The number of benzene rings is 2. The predicted octanol–water partition coefficient (Wildman–Crippen LogP) is 3.60. The third-order valence-electron chi connectivity index (χ3n) is 5.38. The first-order valence-electron chi connectivity index (χ1n) is 11.2. The minimum Gasteiger partial charge on any atom is -0.508 e. The molecule has 0 fully saturated rings. The first-order chi connectivity index (χ1) is 15.9. The fraction of sp³-hybridized carbons (Fsp3) is 0.360. The number of carbonyl (C=O) groups excluding carboxylic acids is 1. The number of likely N-dealkylation sites (N-methyl/N-ethyl adjacent to an activating group) is 1. The van der Waals surface area contributed by atoms with Crippen molar-refractivity contribution in [2.45, 2.75) is 33.2 Å². The summed E-state index contributed by atoms with van der Waals surface area (Å²) >= 11 is 0. The van der Waals surface area contributed by atoms with Gasteiger partial charge in [-0.15, -0.1) is 0 Å². The van der Waals surface area contributed by atoms with Gasteiger partial charge in [0.25, 0.3) is 5.91 Å². The zero-order valence-corrected chi connectivity index (χ0v) is 19.5. The Bertz CT molecular complexity index is 1090. The molecule has 0 spiro atoms. The van der Waals surface area contributed by atoms with E-state index in [4.69, 9.17) is 4.52 Å². The van der Waals surface area contributed by atoms with E-state index in [1.807, 2.05) is 52.1 Å². The number of phenols is 2. The zero-order chi connectivity index (χ0) is 24.0. The third kappa shape index (κ3) is 5.53. The van der Waals surface area contributed by atoms with Crippen LogP contribution in [0.4, 0.5) is 0 Å². The standard InChI is InChI=1S/C25H32N4O4/c1-5-28-25(32)23-22(17-8-6-16(7-9-17)14-27-11-10-26-4)24(33-29-23)19-12-18(15(2)3)20(30)13-21(19)31/h6-9,12-13,15,26-27,30-31H,5,10-11,14H2,1-4H3,(H,28,32). The van der Waals surface area contributed by atoms with Crippen LogP contribution in [0.1, 0.15) is 48.3 Å². The largest absolute Gasteiger partial charge is 0.508 e. The highest BCUT2D eigenvalue weighted by Gasteiger charge is 2.27. The van der Waals surface area contributed by atoms with E-state index < -0.39 is 0 Å². The van der Waals surface area contributed by atoms with Crippen molar-refractivity contribution in [3.63, 3.8) is 0 Å². The highest BCUT2D eigenvalue weighted by Crippen LogP contribution is 2.43. The van der Waals surface area contributed by atoms with Crippen molar-refractivity contribution in [3.05, 3.63) is 53.2 Å². The Labute approximate surface area is 194 Å². The number of aromatic nitrogens is 1. The third-order valence-corrected chi connectivity index (χ3v) is 5.38. The molecule has 0 aliphatic rings. The van der Waals surface area contributed by atoms with Crippen LogP contribution in [0.25, 0.3) is 22.5 Å². The van der Waals surface area contributed by atoms with Gasteiger partial charge in [0.15, 0.2) is 11.5 Å². The van der Waals surface area contributed by atoms with Crippen molar-refractivity contribution in [2.24, 2.45) is 0 Å². The second kappa shape index (κ2) is 11.0. The molecule has 0 aliphatic heterocycles. The molecular formula is C25H32N4O4. The Kier molecular flexibility index (Phi) is 8.08. The van der Waals surface area contributed by atoms with Gasteiger partial charge >= 0.3 is 0 Å². The molecule has 1 amide bonds. The minimum atomic E-state index is -0.359. The summed E-state index contributed by atoms with van der Waals surface area (Å²) in [7, 11) is 1.91. The van der Waals surface area contributed by atoms with Crippen molar-refractivity contribution in [1.82, 2.24) is 21.1 Å². The summed E-state index contributed by atoms with van der Waals surface area (Å²) in [4.78, 5) is 12.7. The maximum atomic E-state index is 12.7. The molecule has 33 heavy (non-hydrogen) atoms. The number of rotatable bonds is 10. The number of carbonyl (C=O) groups is 1. The maximum absolute atomic E-state index is 12.7. The monoisotopic (exact) mass is 452 g/mol. The van der Waals surface area contributed by atoms with Crippen molar-refractivity contribution < 1.29 is 19.5 Å². The van der Waals surface area contributed by atoms with Crippen LogP contribution in [0.5, 0.6) is 11.5 Å². The van der Waals surface area contributed by atoms with E-state index in [-0.39, 0.29) is 34.8 Å². The number of nitrogens with zero attached hydrogens (tertiary/aromatic N) is 1. The Morgan fingerprint density at radius 2 is 1.82 bits per heavy atom. The molecule has 176 valence electrons. The SMILES string of the molecule is CCNC(=O)c1noc(-c2cc(C(C)C)c(O)cc2O)c1-c1ccc(CNCCNC)cc1. The van der Waals surface area contributed by atoms with Crippen LogP contribution in [-0.4, -0.2) is 48.0 Å². The smallest absolute Gasteiger partial charge is 0.274 e. The highest BCUT2D eigenvalue weighted by molar-refractivity contribution is 6.02. The lowest BCUT2D eigenvalue weighted by atomic mass is 9.94. The van der Waals surface area contributed by atoms with Crippen molar-refractivity contribution in [1.29, 1.82) is 0 Å². The van der Waals surface area contributed by atoms with Crippen molar-refractivity contribution in [3.8, 4) is 33.9 Å². The van der Waals surface area contributed by atoms with E-state index in [1.165, 1.54) is 6.07 Å². The topological polar surface area (TPSA) is 120 Å². The molecule has 0 bridgehead atoms. The molecule has 0 atom stereocenters. The molecule has 8 nitrogen and oxygen atoms in total. The maximum Gasteiger partial charge on any atom is 0.274 e. The van der Waals surface area contributed by atoms with Crippen LogP contribution in [0.2, 0.25) is 0 Å². The summed E-state index contributed by atoms with van der Waals surface area (Å²) in [6.45, 7) is 8.62. The van der Waals surface area contributed by atoms with Crippen LogP contribution < -0.4 is 16.0 Å². The number of nitrogens with one attached hydrogen (secondary N) is 3. The molecule has 3 rings (SSSR count). The molecule has 0 unspecified atom stereocenters. The lowest BCUT2D eigenvalue weighted by molar-refractivity contribution is 0.0947. The molecule has 1 heterocycles. The van der Waals surface area contributed by atoms with Crippen molar-refractivity contribution in [2.75, 3.05) is 26.7 Å². The predicted molar refractivity (Wildman–Crippen MR) is 128 cm³/mol. The molecule has 3 aromatic rings. The first kappa shape index (κ1) is 24.3. The number of amides is 1. The lowest BCUT2D eigenvalue weighted by Gasteiger charge is -2.13. The van der Waals surface area contributed by atoms with Gasteiger partial charge in [0.2, 0.25) is 0 Å². The summed E-state index contributed by atoms with van der Waals surface area (Å²) in [5.74, 6) is -0.208. The Morgan fingerprint density at radius 3 is 2.45 bits per heavy atom. The molecule has 0 saturated carbocycles. The van der Waals surface area contributed by atoms with E-state index in [9.17, 15) is 15.0 Å². The van der Waals surface area contributed by atoms with Gasteiger partial charge in [-0.25, -0.2) is 0 Å². The van der Waals surface area contributed by atoms with Crippen LogP contribution >= 0.6 is 0 Å². The average molecular weight is 453 g/mol. The van der Waals surface area contributed by atoms with Gasteiger partial charge in [-0.2, -0.15) is 0 Å². The molecule has 0 aliphatic carbocycles. The molecular weight excluding hydrogens is 420 g/mol. The van der Waals surface area contributed by atoms with Crippen LogP contribution in [0, 0.1) is 0 Å². The summed E-state index contributed by atoms with van der Waals surface area (Å²) < 4.78 is 5.61. The number of hydrogen-bond donors (Lipinski definition) is 5. The van der Waals surface area contributed by atoms with E-state index in [1.54, 1.807) is 6.07 Å². The van der Waals surface area contributed by atoms with Crippen molar-refractivity contribution >= 4 is 5.91 Å². The second-order valence-electron chi connectivity index (χ2n) is 8.15. The number of aromatic hydroxyl groups is 2. The number of hydrogen-bond acceptors (Lipinski definition) is 7. The summed E-state index contributed by atoms with van der Waals surface area (Å²) in [6, 6.07) is 10.8. The highest BCUT2D eigenvalue weighted by atomic mass is 16.5. The van der Waals surface area contributed by atoms with E-state index >= 15 is 0 Å². The summed E-state index contributed by atoms with van der Waals surface area (Å²) in [6.07, 6.45) is 0. The molecule has 0 saturated heterocycles. The quantitative estimate of drug-likeness (QED) is 0.298. The number of phenolic OH excluding ortho intramolecular Hbond substituents is 2. The van der Waals surface area contributed by atoms with Crippen LogP contribution in [-0.2, 0) is 6.54 Å². The van der Waals surface area contributed by atoms with E-state index in [0.29, 0.717) is 23.2 Å². The molecule has 5 N–H and O–H groups in total. The summed E-state index contributed by atoms with van der Waals surface area (Å²) in [5, 5.41) is 34.1. The first-order valence-corrected chi connectivity index (χ1v) is 11.2. The molecule has 1 aromatic heterocycles. The van der Waals surface area contributed by atoms with Gasteiger partial charge in [-0.3, -0.25) is 4.79 Å². The molecule has 0 radical (unpaired) electrons. The molecule has 8 heteroatoms. The fourth-order valence-electron chi connectivity index (χ4n) is 3.61. The van der Waals surface area contributed by atoms with Gasteiger partial charge in [0.05, 0.1) is 11.1 Å². The van der Waals surface area contributed by atoms with Gasteiger partial charge in [0.1, 0.15) is 11.5 Å². The Morgan fingerprint density at radius 1 is 1.09 bits per heavy atom. The average Bonchev–Trinajstić information content (AvgIpc) is 3.22.